The summed E-state index contributed by atoms with van der Waals surface area (Å²) in [6.07, 6.45) is 1.40. The fourth-order valence-electron chi connectivity index (χ4n) is 1.65. The molecule has 5 heteroatoms. The standard InChI is InChI=1S/C14H21F2NO2/c1-3-8-17-14(2,10-18)7-9-19-13-11(15)5-4-6-12(13)16/h4-6,17-18H,3,7-10H2,1-2H3. The molecule has 1 rings (SSSR count). The maximum absolute atomic E-state index is 13.3. The first kappa shape index (κ1) is 15.9. The molecular formula is C14H21F2NO2. The van der Waals surface area contributed by atoms with Gasteiger partial charge >= 0.3 is 0 Å². The van der Waals surface area contributed by atoms with Gasteiger partial charge < -0.3 is 15.2 Å². The van der Waals surface area contributed by atoms with Crippen LogP contribution in [-0.2, 0) is 0 Å². The maximum Gasteiger partial charge on any atom is 0.190 e. The van der Waals surface area contributed by atoms with E-state index in [9.17, 15) is 13.9 Å². The molecule has 1 aromatic carbocycles. The van der Waals surface area contributed by atoms with Crippen molar-refractivity contribution < 1.29 is 18.6 Å². The Hall–Kier alpha value is -1.20. The third kappa shape index (κ3) is 4.76. The van der Waals surface area contributed by atoms with E-state index in [2.05, 4.69) is 5.32 Å². The quantitative estimate of drug-likeness (QED) is 0.764. The van der Waals surface area contributed by atoms with Crippen LogP contribution in [0.15, 0.2) is 18.2 Å². The minimum absolute atomic E-state index is 0.0594. The van der Waals surface area contributed by atoms with Gasteiger partial charge in [0.2, 0.25) is 0 Å². The van der Waals surface area contributed by atoms with Crippen molar-refractivity contribution in [1.29, 1.82) is 0 Å². The average Bonchev–Trinajstić information content (AvgIpc) is 2.40. The molecule has 3 nitrogen and oxygen atoms in total. The van der Waals surface area contributed by atoms with Crippen LogP contribution in [0.1, 0.15) is 26.7 Å². The lowest BCUT2D eigenvalue weighted by atomic mass is 9.99. The van der Waals surface area contributed by atoms with Gasteiger partial charge in [-0.3, -0.25) is 0 Å². The summed E-state index contributed by atoms with van der Waals surface area (Å²) >= 11 is 0. The van der Waals surface area contributed by atoms with E-state index in [1.165, 1.54) is 6.07 Å². The summed E-state index contributed by atoms with van der Waals surface area (Å²) in [6.45, 7) is 4.71. The minimum atomic E-state index is -0.716. The largest absolute Gasteiger partial charge is 0.488 e. The van der Waals surface area contributed by atoms with Crippen molar-refractivity contribution in [3.05, 3.63) is 29.8 Å². The van der Waals surface area contributed by atoms with E-state index in [1.807, 2.05) is 13.8 Å². The molecule has 0 aliphatic rings. The predicted octanol–water partition coefficient (Wildman–Crippen LogP) is 2.48. The number of aliphatic hydroxyl groups excluding tert-OH is 1. The van der Waals surface area contributed by atoms with Crippen LogP contribution in [0, 0.1) is 11.6 Å². The number of nitrogens with one attached hydrogen (secondary N) is 1. The van der Waals surface area contributed by atoms with E-state index in [0.717, 1.165) is 25.1 Å². The van der Waals surface area contributed by atoms with Gasteiger partial charge in [0.25, 0.3) is 0 Å². The SMILES string of the molecule is CCCNC(C)(CO)CCOc1c(F)cccc1F. The third-order valence-corrected chi connectivity index (χ3v) is 2.97. The van der Waals surface area contributed by atoms with Crippen molar-refractivity contribution in [3.63, 3.8) is 0 Å². The monoisotopic (exact) mass is 273 g/mol. The summed E-state index contributed by atoms with van der Waals surface area (Å²) in [5, 5.41) is 12.5. The number of hydrogen-bond donors (Lipinski definition) is 2. The van der Waals surface area contributed by atoms with Crippen LogP contribution in [0.25, 0.3) is 0 Å². The second-order valence-electron chi connectivity index (χ2n) is 4.79. The molecule has 0 saturated carbocycles. The van der Waals surface area contributed by atoms with Gasteiger partial charge in [-0.15, -0.1) is 0 Å². The van der Waals surface area contributed by atoms with Crippen molar-refractivity contribution in [3.8, 4) is 5.75 Å². The highest BCUT2D eigenvalue weighted by atomic mass is 19.1. The smallest absolute Gasteiger partial charge is 0.190 e. The number of para-hydroxylation sites is 1. The molecule has 0 fully saturated rings. The Balaban J connectivity index is 2.52. The van der Waals surface area contributed by atoms with Crippen LogP contribution in [0.2, 0.25) is 0 Å². The first-order valence-electron chi connectivity index (χ1n) is 6.45. The average molecular weight is 273 g/mol. The van der Waals surface area contributed by atoms with Crippen LogP contribution in [-0.4, -0.2) is 30.4 Å². The number of aliphatic hydroxyl groups is 1. The lowest BCUT2D eigenvalue weighted by molar-refractivity contribution is 0.141. The lowest BCUT2D eigenvalue weighted by Crippen LogP contribution is -2.47. The first-order chi connectivity index (χ1) is 9.02. The number of benzene rings is 1. The molecule has 1 atom stereocenters. The number of hydrogen-bond acceptors (Lipinski definition) is 3. The van der Waals surface area contributed by atoms with Crippen molar-refractivity contribution >= 4 is 0 Å². The molecule has 0 saturated heterocycles. The van der Waals surface area contributed by atoms with Crippen LogP contribution in [0.4, 0.5) is 8.78 Å². The highest BCUT2D eigenvalue weighted by molar-refractivity contribution is 5.25. The second-order valence-corrected chi connectivity index (χ2v) is 4.79. The summed E-state index contributed by atoms with van der Waals surface area (Å²) in [4.78, 5) is 0. The number of ether oxygens (including phenoxy) is 1. The molecule has 1 unspecified atom stereocenters. The minimum Gasteiger partial charge on any atom is -0.488 e. The molecule has 108 valence electrons. The molecular weight excluding hydrogens is 252 g/mol. The molecule has 0 aromatic heterocycles. The van der Waals surface area contributed by atoms with Crippen molar-refractivity contribution in [2.45, 2.75) is 32.2 Å². The van der Waals surface area contributed by atoms with E-state index in [4.69, 9.17) is 4.74 Å². The van der Waals surface area contributed by atoms with Gasteiger partial charge in [-0.05, 0) is 32.0 Å². The summed E-state index contributed by atoms with van der Waals surface area (Å²) in [6, 6.07) is 3.59. The van der Waals surface area contributed by atoms with Gasteiger partial charge in [0, 0.05) is 12.0 Å². The number of rotatable bonds is 8. The van der Waals surface area contributed by atoms with Gasteiger partial charge in [0.05, 0.1) is 13.2 Å². The lowest BCUT2D eigenvalue weighted by Gasteiger charge is -2.28. The zero-order valence-electron chi connectivity index (χ0n) is 11.4. The zero-order chi connectivity index (χ0) is 14.3. The Bertz CT molecular complexity index is 381. The van der Waals surface area contributed by atoms with Gasteiger partial charge in [-0.25, -0.2) is 8.78 Å². The van der Waals surface area contributed by atoms with Crippen LogP contribution in [0.5, 0.6) is 5.75 Å². The first-order valence-corrected chi connectivity index (χ1v) is 6.45. The normalized spacial score (nSPS) is 14.2. The van der Waals surface area contributed by atoms with Crippen LogP contribution < -0.4 is 10.1 Å². The topological polar surface area (TPSA) is 41.5 Å². The third-order valence-electron chi connectivity index (χ3n) is 2.97. The summed E-state index contributed by atoms with van der Waals surface area (Å²) in [5.41, 5.74) is -0.502. The molecule has 0 bridgehead atoms. The van der Waals surface area contributed by atoms with E-state index >= 15 is 0 Å². The van der Waals surface area contributed by atoms with Crippen molar-refractivity contribution in [2.75, 3.05) is 19.8 Å². The van der Waals surface area contributed by atoms with E-state index in [1.54, 1.807) is 0 Å². The molecule has 2 N–H and O–H groups in total. The summed E-state index contributed by atoms with van der Waals surface area (Å²) in [7, 11) is 0. The van der Waals surface area contributed by atoms with Gasteiger partial charge in [-0.2, -0.15) is 0 Å². The molecule has 0 aliphatic heterocycles. The Kier molecular flexibility index (Phi) is 6.18. The second kappa shape index (κ2) is 7.40. The van der Waals surface area contributed by atoms with E-state index in [-0.39, 0.29) is 19.0 Å². The summed E-state index contributed by atoms with van der Waals surface area (Å²) < 4.78 is 31.8. The molecule has 0 radical (unpaired) electrons. The molecule has 0 aliphatic carbocycles. The molecule has 1 aromatic rings. The predicted molar refractivity (Wildman–Crippen MR) is 70.3 cm³/mol. The van der Waals surface area contributed by atoms with Gasteiger partial charge in [0.15, 0.2) is 17.4 Å². The van der Waals surface area contributed by atoms with E-state index < -0.39 is 17.2 Å². The molecule has 19 heavy (non-hydrogen) atoms. The highest BCUT2D eigenvalue weighted by Gasteiger charge is 2.22. The fourth-order valence-corrected chi connectivity index (χ4v) is 1.65. The highest BCUT2D eigenvalue weighted by Crippen LogP contribution is 2.21. The Labute approximate surface area is 112 Å². The molecule has 0 spiro atoms. The maximum atomic E-state index is 13.3. The van der Waals surface area contributed by atoms with Crippen LogP contribution >= 0.6 is 0 Å². The van der Waals surface area contributed by atoms with Crippen molar-refractivity contribution in [1.82, 2.24) is 5.32 Å². The van der Waals surface area contributed by atoms with Gasteiger partial charge in [0.1, 0.15) is 0 Å². The Morgan fingerprint density at radius 3 is 2.47 bits per heavy atom. The Morgan fingerprint density at radius 2 is 1.95 bits per heavy atom. The zero-order valence-corrected chi connectivity index (χ0v) is 11.4. The van der Waals surface area contributed by atoms with Crippen molar-refractivity contribution in [2.24, 2.45) is 0 Å². The van der Waals surface area contributed by atoms with Crippen LogP contribution in [0.3, 0.4) is 0 Å². The summed E-state index contributed by atoms with van der Waals surface area (Å²) in [5.74, 6) is -1.79. The Morgan fingerprint density at radius 1 is 1.32 bits per heavy atom. The number of halogens is 2. The van der Waals surface area contributed by atoms with Gasteiger partial charge in [-0.1, -0.05) is 13.0 Å². The molecule has 0 amide bonds. The fraction of sp³-hybridized carbons (Fsp3) is 0.571. The van der Waals surface area contributed by atoms with E-state index in [0.29, 0.717) is 6.42 Å². The molecule has 0 heterocycles.